The standard InChI is InChI=1S/C14H18ClN5/c1-9-4-2-5-10(8-9)20-14(17-18-19-20)13-11(15)6-3-7-12(13)16/h3,6-7,9-10H,2,4-5,8,16H2,1H3. The predicted molar refractivity (Wildman–Crippen MR) is 79.3 cm³/mol. The SMILES string of the molecule is CC1CCCC(n2nnnc2-c2c(N)cccc2Cl)C1. The third kappa shape index (κ3) is 2.38. The molecule has 1 heterocycles. The Labute approximate surface area is 123 Å². The Morgan fingerprint density at radius 1 is 1.35 bits per heavy atom. The second-order valence-electron chi connectivity index (χ2n) is 5.58. The van der Waals surface area contributed by atoms with E-state index in [0.717, 1.165) is 18.4 Å². The van der Waals surface area contributed by atoms with Crippen LogP contribution in [-0.2, 0) is 0 Å². The molecule has 2 N–H and O–H groups in total. The van der Waals surface area contributed by atoms with Crippen LogP contribution in [0.15, 0.2) is 18.2 Å². The molecule has 0 saturated heterocycles. The van der Waals surface area contributed by atoms with Gasteiger partial charge in [0.15, 0.2) is 5.82 Å². The summed E-state index contributed by atoms with van der Waals surface area (Å²) in [6.07, 6.45) is 4.69. The van der Waals surface area contributed by atoms with Crippen LogP contribution in [0.2, 0.25) is 5.02 Å². The lowest BCUT2D eigenvalue weighted by Crippen LogP contribution is -2.20. The van der Waals surface area contributed by atoms with Crippen molar-refractivity contribution in [3.8, 4) is 11.4 Å². The number of halogens is 1. The summed E-state index contributed by atoms with van der Waals surface area (Å²) < 4.78 is 1.90. The lowest BCUT2D eigenvalue weighted by atomic mass is 9.87. The van der Waals surface area contributed by atoms with Crippen molar-refractivity contribution >= 4 is 17.3 Å². The number of nitrogens with two attached hydrogens (primary N) is 1. The Bertz CT molecular complexity index is 589. The molecule has 1 fully saturated rings. The lowest BCUT2D eigenvalue weighted by Gasteiger charge is -2.27. The van der Waals surface area contributed by atoms with Gasteiger partial charge >= 0.3 is 0 Å². The fraction of sp³-hybridized carbons (Fsp3) is 0.500. The first-order valence-electron chi connectivity index (χ1n) is 6.99. The average molecular weight is 292 g/mol. The molecule has 3 rings (SSSR count). The Hall–Kier alpha value is -1.62. The van der Waals surface area contributed by atoms with Crippen LogP contribution in [-0.4, -0.2) is 20.2 Å². The van der Waals surface area contributed by atoms with Crippen molar-refractivity contribution in [1.29, 1.82) is 0 Å². The molecule has 6 heteroatoms. The quantitative estimate of drug-likeness (QED) is 0.862. The van der Waals surface area contributed by atoms with Crippen molar-refractivity contribution in [2.45, 2.75) is 38.6 Å². The molecule has 1 aliphatic carbocycles. The Morgan fingerprint density at radius 2 is 2.20 bits per heavy atom. The third-order valence-corrected chi connectivity index (χ3v) is 4.33. The van der Waals surface area contributed by atoms with E-state index in [-0.39, 0.29) is 0 Å². The molecule has 0 aliphatic heterocycles. The molecule has 20 heavy (non-hydrogen) atoms. The lowest BCUT2D eigenvalue weighted by molar-refractivity contribution is 0.265. The zero-order valence-electron chi connectivity index (χ0n) is 11.5. The maximum absolute atomic E-state index is 6.27. The summed E-state index contributed by atoms with van der Waals surface area (Å²) in [5, 5.41) is 12.7. The summed E-state index contributed by atoms with van der Waals surface area (Å²) in [5.41, 5.74) is 7.39. The maximum Gasteiger partial charge on any atom is 0.185 e. The molecule has 0 bridgehead atoms. The van der Waals surface area contributed by atoms with Crippen LogP contribution in [0.4, 0.5) is 5.69 Å². The first-order valence-corrected chi connectivity index (χ1v) is 7.37. The van der Waals surface area contributed by atoms with E-state index >= 15 is 0 Å². The second-order valence-corrected chi connectivity index (χ2v) is 5.98. The van der Waals surface area contributed by atoms with E-state index in [2.05, 4.69) is 22.4 Å². The van der Waals surface area contributed by atoms with Crippen molar-refractivity contribution in [2.75, 3.05) is 5.73 Å². The second kappa shape index (κ2) is 5.40. The van der Waals surface area contributed by atoms with Crippen molar-refractivity contribution in [2.24, 2.45) is 5.92 Å². The maximum atomic E-state index is 6.27. The molecule has 2 aromatic rings. The largest absolute Gasteiger partial charge is 0.398 e. The minimum atomic E-state index is 0.333. The third-order valence-electron chi connectivity index (χ3n) is 4.02. The summed E-state index contributed by atoms with van der Waals surface area (Å²) in [6, 6.07) is 5.80. The van der Waals surface area contributed by atoms with Crippen LogP contribution in [0.25, 0.3) is 11.4 Å². The molecular weight excluding hydrogens is 274 g/mol. The molecule has 5 nitrogen and oxygen atoms in total. The number of nitrogen functional groups attached to an aromatic ring is 1. The molecule has 1 aromatic heterocycles. The van der Waals surface area contributed by atoms with Gasteiger partial charge in [-0.2, -0.15) is 0 Å². The topological polar surface area (TPSA) is 69.6 Å². The summed E-state index contributed by atoms with van der Waals surface area (Å²) in [6.45, 7) is 2.28. The van der Waals surface area contributed by atoms with Crippen LogP contribution >= 0.6 is 11.6 Å². The van der Waals surface area contributed by atoms with Crippen molar-refractivity contribution < 1.29 is 0 Å². The number of tetrazole rings is 1. The predicted octanol–water partition coefficient (Wildman–Crippen LogP) is 3.33. The fourth-order valence-corrected chi connectivity index (χ4v) is 3.27. The molecule has 1 aliphatic rings. The van der Waals surface area contributed by atoms with Gasteiger partial charge in [0.2, 0.25) is 0 Å². The van der Waals surface area contributed by atoms with E-state index in [1.807, 2.05) is 22.9 Å². The number of benzene rings is 1. The molecule has 1 aromatic carbocycles. The van der Waals surface area contributed by atoms with Crippen LogP contribution in [0.5, 0.6) is 0 Å². The number of hydrogen-bond acceptors (Lipinski definition) is 4. The van der Waals surface area contributed by atoms with Crippen LogP contribution in [0.1, 0.15) is 38.6 Å². The first-order chi connectivity index (χ1) is 9.66. The van der Waals surface area contributed by atoms with Crippen LogP contribution < -0.4 is 5.73 Å². The van der Waals surface area contributed by atoms with Gasteiger partial charge in [-0.1, -0.05) is 37.4 Å². The van der Waals surface area contributed by atoms with Crippen molar-refractivity contribution in [3.63, 3.8) is 0 Å². The van der Waals surface area contributed by atoms with Crippen molar-refractivity contribution in [1.82, 2.24) is 20.2 Å². The minimum Gasteiger partial charge on any atom is -0.398 e. The van der Waals surface area contributed by atoms with Gasteiger partial charge in [-0.25, -0.2) is 4.68 Å². The van der Waals surface area contributed by atoms with Crippen LogP contribution in [0, 0.1) is 5.92 Å². The van der Waals surface area contributed by atoms with Gasteiger partial charge in [0.25, 0.3) is 0 Å². The average Bonchev–Trinajstić information content (AvgIpc) is 2.87. The van der Waals surface area contributed by atoms with E-state index in [1.54, 1.807) is 0 Å². The highest BCUT2D eigenvalue weighted by molar-refractivity contribution is 6.33. The zero-order chi connectivity index (χ0) is 14.1. The Morgan fingerprint density at radius 3 is 2.95 bits per heavy atom. The molecule has 0 radical (unpaired) electrons. The smallest absolute Gasteiger partial charge is 0.185 e. The van der Waals surface area contributed by atoms with Gasteiger partial charge < -0.3 is 5.73 Å². The van der Waals surface area contributed by atoms with Gasteiger partial charge in [0.05, 0.1) is 16.6 Å². The number of hydrogen-bond donors (Lipinski definition) is 1. The van der Waals surface area contributed by atoms with E-state index in [1.165, 1.54) is 12.8 Å². The molecule has 2 atom stereocenters. The molecule has 2 unspecified atom stereocenters. The number of rotatable bonds is 2. The van der Waals surface area contributed by atoms with E-state index in [4.69, 9.17) is 17.3 Å². The van der Waals surface area contributed by atoms with Gasteiger partial charge in [-0.3, -0.25) is 0 Å². The first kappa shape index (κ1) is 13.4. The van der Waals surface area contributed by atoms with Gasteiger partial charge in [-0.15, -0.1) is 5.10 Å². The fourth-order valence-electron chi connectivity index (χ4n) is 3.01. The monoisotopic (exact) mass is 291 g/mol. The Kier molecular flexibility index (Phi) is 3.61. The molecule has 0 amide bonds. The van der Waals surface area contributed by atoms with Gasteiger partial charge in [0.1, 0.15) is 0 Å². The van der Waals surface area contributed by atoms with E-state index < -0.39 is 0 Å². The molecule has 1 saturated carbocycles. The highest BCUT2D eigenvalue weighted by Gasteiger charge is 2.25. The van der Waals surface area contributed by atoms with Gasteiger partial charge in [-0.05, 0) is 41.3 Å². The summed E-state index contributed by atoms with van der Waals surface area (Å²) in [5.74, 6) is 1.38. The molecular formula is C14H18ClN5. The minimum absolute atomic E-state index is 0.333. The summed E-state index contributed by atoms with van der Waals surface area (Å²) >= 11 is 6.27. The van der Waals surface area contributed by atoms with E-state index in [9.17, 15) is 0 Å². The molecule has 0 spiro atoms. The number of anilines is 1. The normalized spacial score (nSPS) is 22.9. The number of aromatic nitrogens is 4. The summed E-state index contributed by atoms with van der Waals surface area (Å²) in [7, 11) is 0. The van der Waals surface area contributed by atoms with E-state index in [0.29, 0.717) is 28.5 Å². The molecule has 106 valence electrons. The van der Waals surface area contributed by atoms with Crippen LogP contribution in [0.3, 0.4) is 0 Å². The highest BCUT2D eigenvalue weighted by atomic mass is 35.5. The van der Waals surface area contributed by atoms with Gasteiger partial charge in [0, 0.05) is 5.69 Å². The zero-order valence-corrected chi connectivity index (χ0v) is 12.2. The van der Waals surface area contributed by atoms with Crippen molar-refractivity contribution in [3.05, 3.63) is 23.2 Å². The highest BCUT2D eigenvalue weighted by Crippen LogP contribution is 2.37. The summed E-state index contributed by atoms with van der Waals surface area (Å²) in [4.78, 5) is 0. The Balaban J connectivity index is 2.02. The number of nitrogens with zero attached hydrogens (tertiary/aromatic N) is 4.